The van der Waals surface area contributed by atoms with E-state index in [9.17, 15) is 14.4 Å². The van der Waals surface area contributed by atoms with Crippen LogP contribution in [0.2, 0.25) is 0 Å². The molecule has 23 heavy (non-hydrogen) atoms. The van der Waals surface area contributed by atoms with Crippen molar-refractivity contribution >= 4 is 35.2 Å². The summed E-state index contributed by atoms with van der Waals surface area (Å²) in [5, 5.41) is -0.831. The molecule has 0 aliphatic carbocycles. The van der Waals surface area contributed by atoms with Crippen LogP contribution in [0.25, 0.3) is 0 Å². The Hall–Kier alpha value is -2.02. The third-order valence-electron chi connectivity index (χ3n) is 4.10. The number of amides is 3. The minimum absolute atomic E-state index is 0.163. The zero-order chi connectivity index (χ0) is 16.4. The predicted octanol–water partition coefficient (Wildman–Crippen LogP) is 0.992. The third-order valence-corrected chi connectivity index (χ3v) is 5.34. The van der Waals surface area contributed by atoms with Gasteiger partial charge in [0.15, 0.2) is 5.25 Å². The Morgan fingerprint density at radius 2 is 1.87 bits per heavy atom. The molecule has 1 aromatic rings. The van der Waals surface area contributed by atoms with Crippen molar-refractivity contribution in [3.8, 4) is 0 Å². The van der Waals surface area contributed by atoms with Crippen LogP contribution in [0.1, 0.15) is 19.3 Å². The van der Waals surface area contributed by atoms with Crippen molar-refractivity contribution in [2.24, 2.45) is 5.73 Å². The topological polar surface area (TPSA) is 83.7 Å². The van der Waals surface area contributed by atoms with Crippen LogP contribution in [0.4, 0.5) is 5.69 Å². The molecule has 1 saturated heterocycles. The summed E-state index contributed by atoms with van der Waals surface area (Å²) >= 11 is 1.26. The van der Waals surface area contributed by atoms with Crippen molar-refractivity contribution in [1.29, 1.82) is 0 Å². The highest BCUT2D eigenvalue weighted by molar-refractivity contribution is 8.01. The molecule has 1 aromatic carbocycles. The SMILES string of the molecule is NC(=O)CN1C(=O)C(C(=O)N2CCCCC2)Sc2ccccc21. The predicted molar refractivity (Wildman–Crippen MR) is 88.1 cm³/mol. The Kier molecular flexibility index (Phi) is 4.56. The maximum Gasteiger partial charge on any atom is 0.250 e. The Morgan fingerprint density at radius 3 is 2.57 bits per heavy atom. The van der Waals surface area contributed by atoms with Gasteiger partial charge in [-0.3, -0.25) is 14.4 Å². The molecule has 1 atom stereocenters. The number of hydrogen-bond acceptors (Lipinski definition) is 4. The zero-order valence-electron chi connectivity index (χ0n) is 12.7. The quantitative estimate of drug-likeness (QED) is 0.836. The van der Waals surface area contributed by atoms with Gasteiger partial charge in [0, 0.05) is 18.0 Å². The molecule has 7 heteroatoms. The zero-order valence-corrected chi connectivity index (χ0v) is 13.6. The lowest BCUT2D eigenvalue weighted by atomic mass is 10.1. The summed E-state index contributed by atoms with van der Waals surface area (Å²) in [6.07, 6.45) is 3.06. The number of anilines is 1. The lowest BCUT2D eigenvalue weighted by Crippen LogP contribution is -2.52. The van der Waals surface area contributed by atoms with Crippen LogP contribution in [0, 0.1) is 0 Å². The minimum Gasteiger partial charge on any atom is -0.368 e. The second kappa shape index (κ2) is 6.62. The molecule has 0 saturated carbocycles. The summed E-state index contributed by atoms with van der Waals surface area (Å²) in [5.74, 6) is -1.11. The van der Waals surface area contributed by atoms with E-state index in [1.165, 1.54) is 16.7 Å². The Morgan fingerprint density at radius 1 is 1.17 bits per heavy atom. The first-order valence-electron chi connectivity index (χ1n) is 7.72. The van der Waals surface area contributed by atoms with Crippen molar-refractivity contribution in [3.05, 3.63) is 24.3 Å². The van der Waals surface area contributed by atoms with Crippen molar-refractivity contribution < 1.29 is 14.4 Å². The highest BCUT2D eigenvalue weighted by Crippen LogP contribution is 2.39. The van der Waals surface area contributed by atoms with Crippen LogP contribution < -0.4 is 10.6 Å². The molecule has 3 rings (SSSR count). The number of para-hydroxylation sites is 1. The number of primary amides is 1. The molecule has 0 bridgehead atoms. The van der Waals surface area contributed by atoms with E-state index in [4.69, 9.17) is 5.73 Å². The molecule has 122 valence electrons. The fourth-order valence-corrected chi connectivity index (χ4v) is 4.16. The van der Waals surface area contributed by atoms with E-state index in [1.807, 2.05) is 12.1 Å². The summed E-state index contributed by atoms with van der Waals surface area (Å²) in [5.41, 5.74) is 5.91. The number of piperidine rings is 1. The van der Waals surface area contributed by atoms with E-state index < -0.39 is 11.2 Å². The smallest absolute Gasteiger partial charge is 0.250 e. The van der Waals surface area contributed by atoms with Gasteiger partial charge in [-0.05, 0) is 31.4 Å². The summed E-state index contributed by atoms with van der Waals surface area (Å²) in [7, 11) is 0. The molecular formula is C16H19N3O3S. The molecule has 1 unspecified atom stereocenters. The molecule has 2 N–H and O–H groups in total. The molecule has 2 aliphatic heterocycles. The summed E-state index contributed by atoms with van der Waals surface area (Å²) in [6, 6.07) is 7.28. The van der Waals surface area contributed by atoms with Gasteiger partial charge in [-0.15, -0.1) is 11.8 Å². The Balaban J connectivity index is 1.89. The van der Waals surface area contributed by atoms with Crippen molar-refractivity contribution in [1.82, 2.24) is 4.90 Å². The number of fused-ring (bicyclic) bond motifs is 1. The number of rotatable bonds is 3. The van der Waals surface area contributed by atoms with Crippen LogP contribution in [0.3, 0.4) is 0 Å². The highest BCUT2D eigenvalue weighted by Gasteiger charge is 2.40. The van der Waals surface area contributed by atoms with E-state index in [-0.39, 0.29) is 18.4 Å². The van der Waals surface area contributed by atoms with Gasteiger partial charge in [-0.2, -0.15) is 0 Å². The first-order chi connectivity index (χ1) is 11.1. The monoisotopic (exact) mass is 333 g/mol. The molecule has 2 aliphatic rings. The van der Waals surface area contributed by atoms with E-state index in [1.54, 1.807) is 17.0 Å². The van der Waals surface area contributed by atoms with Gasteiger partial charge in [-0.1, -0.05) is 12.1 Å². The van der Waals surface area contributed by atoms with Crippen molar-refractivity contribution in [2.75, 3.05) is 24.5 Å². The standard InChI is InChI=1S/C16H19N3O3S/c17-13(20)10-19-11-6-2-3-7-12(11)23-14(16(19)22)15(21)18-8-4-1-5-9-18/h2-3,6-7,14H,1,4-5,8-10H2,(H2,17,20). The van der Waals surface area contributed by atoms with Crippen LogP contribution in [-0.2, 0) is 14.4 Å². The van der Waals surface area contributed by atoms with Gasteiger partial charge >= 0.3 is 0 Å². The molecule has 3 amide bonds. The van der Waals surface area contributed by atoms with Crippen molar-refractivity contribution in [3.63, 3.8) is 0 Å². The number of thioether (sulfide) groups is 1. The number of hydrogen-bond donors (Lipinski definition) is 1. The minimum atomic E-state index is -0.831. The molecule has 0 spiro atoms. The number of carbonyl (C=O) groups is 3. The van der Waals surface area contributed by atoms with Gasteiger partial charge in [0.2, 0.25) is 11.8 Å². The lowest BCUT2D eigenvalue weighted by Gasteiger charge is -2.35. The van der Waals surface area contributed by atoms with Gasteiger partial charge in [0.1, 0.15) is 6.54 Å². The van der Waals surface area contributed by atoms with Crippen LogP contribution in [0.5, 0.6) is 0 Å². The van der Waals surface area contributed by atoms with Gasteiger partial charge in [0.05, 0.1) is 5.69 Å². The normalized spacial score (nSPS) is 21.0. The van der Waals surface area contributed by atoms with Gasteiger partial charge in [-0.25, -0.2) is 0 Å². The summed E-state index contributed by atoms with van der Waals surface area (Å²) in [6.45, 7) is 1.18. The van der Waals surface area contributed by atoms with E-state index in [0.29, 0.717) is 18.8 Å². The third kappa shape index (κ3) is 3.19. The number of benzene rings is 1. The van der Waals surface area contributed by atoms with Gasteiger partial charge in [0.25, 0.3) is 5.91 Å². The first kappa shape index (κ1) is 15.9. The molecule has 0 radical (unpaired) electrons. The molecular weight excluding hydrogens is 314 g/mol. The summed E-state index contributed by atoms with van der Waals surface area (Å²) in [4.78, 5) is 40.7. The van der Waals surface area contributed by atoms with Gasteiger partial charge < -0.3 is 15.5 Å². The Bertz CT molecular complexity index is 643. The van der Waals surface area contributed by atoms with E-state index >= 15 is 0 Å². The molecule has 2 heterocycles. The van der Waals surface area contributed by atoms with E-state index in [2.05, 4.69) is 0 Å². The van der Waals surface area contributed by atoms with Crippen LogP contribution in [0.15, 0.2) is 29.2 Å². The maximum absolute atomic E-state index is 12.8. The second-order valence-electron chi connectivity index (χ2n) is 5.74. The fraction of sp³-hybridized carbons (Fsp3) is 0.438. The molecule has 6 nitrogen and oxygen atoms in total. The molecule has 1 fully saturated rings. The average Bonchev–Trinajstić information content (AvgIpc) is 2.57. The molecule has 0 aromatic heterocycles. The summed E-state index contributed by atoms with van der Waals surface area (Å²) < 4.78 is 0. The number of likely N-dealkylation sites (tertiary alicyclic amines) is 1. The fourth-order valence-electron chi connectivity index (χ4n) is 2.97. The number of nitrogens with two attached hydrogens (primary N) is 1. The second-order valence-corrected chi connectivity index (χ2v) is 6.89. The maximum atomic E-state index is 12.8. The lowest BCUT2D eigenvalue weighted by molar-refractivity contribution is -0.135. The van der Waals surface area contributed by atoms with E-state index in [0.717, 1.165) is 24.2 Å². The average molecular weight is 333 g/mol. The first-order valence-corrected chi connectivity index (χ1v) is 8.60. The van der Waals surface area contributed by atoms with Crippen LogP contribution in [-0.4, -0.2) is 47.5 Å². The van der Waals surface area contributed by atoms with Crippen molar-refractivity contribution in [2.45, 2.75) is 29.4 Å². The largest absolute Gasteiger partial charge is 0.368 e. The highest BCUT2D eigenvalue weighted by atomic mass is 32.2. The van der Waals surface area contributed by atoms with Crippen LogP contribution >= 0.6 is 11.8 Å². The Labute approximate surface area is 139 Å². The number of nitrogens with zero attached hydrogens (tertiary/aromatic N) is 2. The number of carbonyl (C=O) groups excluding carboxylic acids is 3.